The van der Waals surface area contributed by atoms with E-state index in [-0.39, 0.29) is 5.82 Å². The van der Waals surface area contributed by atoms with Crippen LogP contribution in [0.25, 0.3) is 0 Å². The first-order valence-electron chi connectivity index (χ1n) is 5.40. The summed E-state index contributed by atoms with van der Waals surface area (Å²) < 4.78 is 14.3. The zero-order valence-electron chi connectivity index (χ0n) is 9.50. The highest BCUT2D eigenvalue weighted by Gasteiger charge is 2.03. The van der Waals surface area contributed by atoms with Crippen molar-refractivity contribution in [3.8, 4) is 0 Å². The van der Waals surface area contributed by atoms with Crippen LogP contribution in [0.5, 0.6) is 0 Å². The van der Waals surface area contributed by atoms with Crippen LogP contribution < -0.4 is 5.32 Å². The van der Waals surface area contributed by atoms with Crippen LogP contribution in [-0.4, -0.2) is 0 Å². The summed E-state index contributed by atoms with van der Waals surface area (Å²) in [6.45, 7) is 2.52. The van der Waals surface area contributed by atoms with Crippen molar-refractivity contribution in [2.24, 2.45) is 0 Å². The molecule has 0 fully saturated rings. The van der Waals surface area contributed by atoms with Gasteiger partial charge in [0.2, 0.25) is 0 Å². The highest BCUT2D eigenvalue weighted by atomic mass is 79.9. The van der Waals surface area contributed by atoms with Crippen LogP contribution in [0.1, 0.15) is 11.1 Å². The Balaban J connectivity index is 2.10. The fourth-order valence-corrected chi connectivity index (χ4v) is 1.96. The minimum Gasteiger partial charge on any atom is -0.381 e. The van der Waals surface area contributed by atoms with Gasteiger partial charge in [-0.2, -0.15) is 0 Å². The number of halogens is 2. The van der Waals surface area contributed by atoms with Crippen molar-refractivity contribution in [1.29, 1.82) is 0 Å². The first-order chi connectivity index (χ1) is 8.16. The van der Waals surface area contributed by atoms with Crippen molar-refractivity contribution in [1.82, 2.24) is 0 Å². The lowest BCUT2D eigenvalue weighted by molar-refractivity contribution is 0.612. The molecular formula is C14H13BrFN. The van der Waals surface area contributed by atoms with E-state index in [1.54, 1.807) is 6.07 Å². The van der Waals surface area contributed by atoms with E-state index in [0.717, 1.165) is 15.7 Å². The topological polar surface area (TPSA) is 12.0 Å². The number of anilines is 1. The molecule has 0 amide bonds. The Morgan fingerprint density at radius 1 is 1.18 bits per heavy atom. The van der Waals surface area contributed by atoms with Gasteiger partial charge in [0.1, 0.15) is 5.82 Å². The molecule has 3 heteroatoms. The molecule has 0 heterocycles. The van der Waals surface area contributed by atoms with Gasteiger partial charge >= 0.3 is 0 Å². The number of hydrogen-bond donors (Lipinski definition) is 1. The third-order valence-electron chi connectivity index (χ3n) is 2.63. The Morgan fingerprint density at radius 2 is 1.94 bits per heavy atom. The Hall–Kier alpha value is -1.35. The van der Waals surface area contributed by atoms with Crippen molar-refractivity contribution < 1.29 is 4.39 Å². The largest absolute Gasteiger partial charge is 0.381 e. The van der Waals surface area contributed by atoms with Crippen molar-refractivity contribution in [3.63, 3.8) is 0 Å². The predicted octanol–water partition coefficient (Wildman–Crippen LogP) is 4.51. The van der Waals surface area contributed by atoms with E-state index in [0.29, 0.717) is 12.1 Å². The van der Waals surface area contributed by atoms with Crippen LogP contribution in [-0.2, 0) is 6.54 Å². The molecule has 0 bridgehead atoms. The summed E-state index contributed by atoms with van der Waals surface area (Å²) >= 11 is 3.24. The number of aryl methyl sites for hydroxylation is 1. The second-order valence-electron chi connectivity index (χ2n) is 3.90. The second-order valence-corrected chi connectivity index (χ2v) is 4.82. The summed E-state index contributed by atoms with van der Waals surface area (Å²) in [5, 5.41) is 3.23. The molecule has 17 heavy (non-hydrogen) atoms. The van der Waals surface area contributed by atoms with Gasteiger partial charge in [-0.05, 0) is 30.7 Å². The summed E-state index contributed by atoms with van der Waals surface area (Å²) in [6.07, 6.45) is 0. The van der Waals surface area contributed by atoms with Crippen LogP contribution in [0.4, 0.5) is 10.1 Å². The van der Waals surface area contributed by atoms with Crippen LogP contribution >= 0.6 is 15.9 Å². The van der Waals surface area contributed by atoms with Crippen molar-refractivity contribution in [2.75, 3.05) is 5.32 Å². The first kappa shape index (κ1) is 12.1. The molecule has 0 saturated carbocycles. The molecule has 0 aromatic heterocycles. The highest BCUT2D eigenvalue weighted by molar-refractivity contribution is 9.10. The minimum atomic E-state index is -0.194. The van der Waals surface area contributed by atoms with Crippen molar-refractivity contribution >= 4 is 21.6 Å². The number of para-hydroxylation sites is 1. The lowest BCUT2D eigenvalue weighted by Crippen LogP contribution is -2.02. The molecule has 0 aliphatic carbocycles. The average molecular weight is 294 g/mol. The fourth-order valence-electron chi connectivity index (χ4n) is 1.63. The molecule has 2 aromatic carbocycles. The van der Waals surface area contributed by atoms with E-state index < -0.39 is 0 Å². The van der Waals surface area contributed by atoms with Gasteiger partial charge in [0.15, 0.2) is 0 Å². The quantitative estimate of drug-likeness (QED) is 0.878. The van der Waals surface area contributed by atoms with Gasteiger partial charge in [0.05, 0.1) is 0 Å². The zero-order valence-corrected chi connectivity index (χ0v) is 11.1. The summed E-state index contributed by atoms with van der Waals surface area (Å²) in [7, 11) is 0. The van der Waals surface area contributed by atoms with Gasteiger partial charge in [0.25, 0.3) is 0 Å². The summed E-state index contributed by atoms with van der Waals surface area (Å²) in [5.41, 5.74) is 2.86. The SMILES string of the molecule is Cc1ccccc1NCc1ccc(Br)cc1F. The first-order valence-corrected chi connectivity index (χ1v) is 6.19. The van der Waals surface area contributed by atoms with Gasteiger partial charge in [-0.25, -0.2) is 4.39 Å². The van der Waals surface area contributed by atoms with E-state index in [1.807, 2.05) is 37.3 Å². The Bertz CT molecular complexity index is 525. The second kappa shape index (κ2) is 5.32. The number of rotatable bonds is 3. The van der Waals surface area contributed by atoms with Gasteiger partial charge < -0.3 is 5.32 Å². The van der Waals surface area contributed by atoms with E-state index in [1.165, 1.54) is 6.07 Å². The molecule has 2 aromatic rings. The molecule has 88 valence electrons. The third kappa shape index (κ3) is 3.07. The maximum atomic E-state index is 13.6. The summed E-state index contributed by atoms with van der Waals surface area (Å²) in [5.74, 6) is -0.194. The van der Waals surface area contributed by atoms with Gasteiger partial charge in [-0.3, -0.25) is 0 Å². The maximum Gasteiger partial charge on any atom is 0.129 e. The molecule has 1 N–H and O–H groups in total. The number of benzene rings is 2. The molecule has 0 unspecified atom stereocenters. The molecule has 0 saturated heterocycles. The van der Waals surface area contributed by atoms with Crippen LogP contribution in [0.3, 0.4) is 0 Å². The van der Waals surface area contributed by atoms with Gasteiger partial charge in [-0.15, -0.1) is 0 Å². The van der Waals surface area contributed by atoms with Crippen LogP contribution in [0, 0.1) is 12.7 Å². The maximum absolute atomic E-state index is 13.6. The van der Waals surface area contributed by atoms with Gasteiger partial charge in [-0.1, -0.05) is 40.2 Å². The molecule has 0 radical (unpaired) electrons. The van der Waals surface area contributed by atoms with Crippen LogP contribution in [0.2, 0.25) is 0 Å². The Morgan fingerprint density at radius 3 is 2.65 bits per heavy atom. The third-order valence-corrected chi connectivity index (χ3v) is 3.12. The summed E-state index contributed by atoms with van der Waals surface area (Å²) in [6, 6.07) is 13.1. The zero-order chi connectivity index (χ0) is 12.3. The summed E-state index contributed by atoms with van der Waals surface area (Å²) in [4.78, 5) is 0. The monoisotopic (exact) mass is 293 g/mol. The Kier molecular flexibility index (Phi) is 3.79. The van der Waals surface area contributed by atoms with E-state index in [2.05, 4.69) is 21.2 Å². The van der Waals surface area contributed by atoms with Crippen LogP contribution in [0.15, 0.2) is 46.9 Å². The van der Waals surface area contributed by atoms with Gasteiger partial charge in [0, 0.05) is 22.3 Å². The standard InChI is InChI=1S/C14H13BrFN/c1-10-4-2-3-5-14(10)17-9-11-6-7-12(15)8-13(11)16/h2-8,17H,9H2,1H3. The molecule has 2 rings (SSSR count). The minimum absolute atomic E-state index is 0.194. The molecule has 1 nitrogen and oxygen atoms in total. The van der Waals surface area contributed by atoms with Crippen molar-refractivity contribution in [3.05, 3.63) is 63.9 Å². The molecule has 0 aliphatic heterocycles. The van der Waals surface area contributed by atoms with Crippen molar-refractivity contribution in [2.45, 2.75) is 13.5 Å². The fraction of sp³-hybridized carbons (Fsp3) is 0.143. The normalized spacial score (nSPS) is 10.3. The predicted molar refractivity (Wildman–Crippen MR) is 72.6 cm³/mol. The van der Waals surface area contributed by atoms with E-state index in [4.69, 9.17) is 0 Å². The highest BCUT2D eigenvalue weighted by Crippen LogP contribution is 2.18. The lowest BCUT2D eigenvalue weighted by Gasteiger charge is -2.10. The lowest BCUT2D eigenvalue weighted by atomic mass is 10.1. The molecule has 0 aliphatic rings. The molecule has 0 atom stereocenters. The van der Waals surface area contributed by atoms with E-state index in [9.17, 15) is 4.39 Å². The average Bonchev–Trinajstić information content (AvgIpc) is 2.30. The number of hydrogen-bond acceptors (Lipinski definition) is 1. The molecule has 0 spiro atoms. The Labute approximate surface area is 109 Å². The smallest absolute Gasteiger partial charge is 0.129 e. The number of nitrogens with one attached hydrogen (secondary N) is 1. The molecular weight excluding hydrogens is 281 g/mol. The van der Waals surface area contributed by atoms with E-state index >= 15 is 0 Å².